The van der Waals surface area contributed by atoms with Crippen molar-refractivity contribution < 1.29 is 4.79 Å². The van der Waals surface area contributed by atoms with Gasteiger partial charge in [-0.2, -0.15) is 0 Å². The molecule has 2 rings (SSSR count). The van der Waals surface area contributed by atoms with Gasteiger partial charge in [0.15, 0.2) is 0 Å². The predicted octanol–water partition coefficient (Wildman–Crippen LogP) is 1.63. The smallest absolute Gasteiger partial charge is 0.240 e. The summed E-state index contributed by atoms with van der Waals surface area (Å²) in [5, 5.41) is 3.31. The van der Waals surface area contributed by atoms with Gasteiger partial charge in [0.05, 0.1) is 6.04 Å². The van der Waals surface area contributed by atoms with Crippen LogP contribution in [0.15, 0.2) is 12.7 Å². The summed E-state index contributed by atoms with van der Waals surface area (Å²) in [6.45, 7) is 9.59. The summed E-state index contributed by atoms with van der Waals surface area (Å²) < 4.78 is 0. The van der Waals surface area contributed by atoms with Crippen LogP contribution in [0.4, 0.5) is 0 Å². The maximum Gasteiger partial charge on any atom is 0.240 e. The van der Waals surface area contributed by atoms with Crippen LogP contribution in [0.3, 0.4) is 0 Å². The van der Waals surface area contributed by atoms with E-state index in [1.165, 1.54) is 25.7 Å². The highest BCUT2D eigenvalue weighted by atomic mass is 16.2. The topological polar surface area (TPSA) is 35.6 Å². The van der Waals surface area contributed by atoms with Crippen LogP contribution in [0.1, 0.15) is 38.5 Å². The minimum atomic E-state index is 0.160. The molecule has 2 saturated heterocycles. The average molecular weight is 279 g/mol. The molecule has 1 atom stereocenters. The summed E-state index contributed by atoms with van der Waals surface area (Å²) >= 11 is 0. The van der Waals surface area contributed by atoms with Crippen molar-refractivity contribution >= 4 is 5.91 Å². The quantitative estimate of drug-likeness (QED) is 0.568. The predicted molar refractivity (Wildman–Crippen MR) is 82.7 cm³/mol. The van der Waals surface area contributed by atoms with Crippen molar-refractivity contribution in [3.63, 3.8) is 0 Å². The van der Waals surface area contributed by atoms with E-state index in [9.17, 15) is 4.79 Å². The first-order valence-electron chi connectivity index (χ1n) is 8.17. The summed E-state index contributed by atoms with van der Waals surface area (Å²) in [7, 11) is 0. The second kappa shape index (κ2) is 8.42. The normalized spacial score (nSPS) is 24.0. The number of hydrogen-bond donors (Lipinski definition) is 1. The molecule has 0 aromatic carbocycles. The molecule has 0 aliphatic carbocycles. The van der Waals surface area contributed by atoms with Crippen molar-refractivity contribution in [3.8, 4) is 0 Å². The molecule has 0 aromatic heterocycles. The zero-order chi connectivity index (χ0) is 14.2. The number of piperazine rings is 1. The molecule has 0 radical (unpaired) electrons. The highest BCUT2D eigenvalue weighted by Crippen LogP contribution is 2.20. The van der Waals surface area contributed by atoms with E-state index in [0.717, 1.165) is 52.1 Å². The fourth-order valence-corrected chi connectivity index (χ4v) is 3.25. The largest absolute Gasteiger partial charge is 0.339 e. The Bertz CT molecular complexity index is 313. The molecule has 2 fully saturated rings. The molecule has 0 saturated carbocycles. The summed E-state index contributed by atoms with van der Waals surface area (Å²) in [5.41, 5.74) is 0. The second-order valence-corrected chi connectivity index (χ2v) is 5.91. The number of nitrogens with one attached hydrogen (secondary N) is 1. The Morgan fingerprint density at radius 3 is 2.75 bits per heavy atom. The Kier molecular flexibility index (Phi) is 6.54. The first-order valence-corrected chi connectivity index (χ1v) is 8.17. The lowest BCUT2D eigenvalue weighted by Gasteiger charge is -2.33. The standard InChI is InChI=1S/C16H29N3O/c1-2-3-4-5-6-11-18-12-7-8-15(18)16(20)19-13-9-17-10-14-19/h2,15,17H,1,3-14H2. The number of allylic oxidation sites excluding steroid dienone is 1. The number of unbranched alkanes of at least 4 members (excludes halogenated alkanes) is 3. The molecule has 4 nitrogen and oxygen atoms in total. The van der Waals surface area contributed by atoms with Crippen LogP contribution in [0.25, 0.3) is 0 Å². The lowest BCUT2D eigenvalue weighted by molar-refractivity contribution is -0.136. The number of rotatable bonds is 7. The molecule has 114 valence electrons. The van der Waals surface area contributed by atoms with Gasteiger partial charge in [-0.3, -0.25) is 9.69 Å². The zero-order valence-electron chi connectivity index (χ0n) is 12.6. The maximum absolute atomic E-state index is 12.6. The summed E-state index contributed by atoms with van der Waals surface area (Å²) in [6.07, 6.45) is 9.02. The van der Waals surface area contributed by atoms with Crippen LogP contribution >= 0.6 is 0 Å². The van der Waals surface area contributed by atoms with Crippen molar-refractivity contribution in [2.75, 3.05) is 39.3 Å². The average Bonchev–Trinajstić information content (AvgIpc) is 2.95. The van der Waals surface area contributed by atoms with E-state index >= 15 is 0 Å². The molecule has 1 amide bonds. The molecule has 0 bridgehead atoms. The first kappa shape index (κ1) is 15.5. The molecular weight excluding hydrogens is 250 g/mol. The second-order valence-electron chi connectivity index (χ2n) is 5.91. The fraction of sp³-hybridized carbons (Fsp3) is 0.812. The summed E-state index contributed by atoms with van der Waals surface area (Å²) in [6, 6.07) is 0.160. The summed E-state index contributed by atoms with van der Waals surface area (Å²) in [5.74, 6) is 0.370. The van der Waals surface area contributed by atoms with E-state index in [0.29, 0.717) is 5.91 Å². The van der Waals surface area contributed by atoms with Gasteiger partial charge >= 0.3 is 0 Å². The van der Waals surface area contributed by atoms with Gasteiger partial charge in [-0.1, -0.05) is 12.5 Å². The number of carbonyl (C=O) groups is 1. The monoisotopic (exact) mass is 279 g/mol. The fourth-order valence-electron chi connectivity index (χ4n) is 3.25. The highest BCUT2D eigenvalue weighted by molar-refractivity contribution is 5.82. The van der Waals surface area contributed by atoms with Gasteiger partial charge in [0.1, 0.15) is 0 Å². The van der Waals surface area contributed by atoms with Crippen molar-refractivity contribution in [2.45, 2.75) is 44.6 Å². The van der Waals surface area contributed by atoms with Gasteiger partial charge < -0.3 is 10.2 Å². The minimum absolute atomic E-state index is 0.160. The van der Waals surface area contributed by atoms with Crippen molar-refractivity contribution in [1.29, 1.82) is 0 Å². The van der Waals surface area contributed by atoms with Gasteiger partial charge in [-0.15, -0.1) is 6.58 Å². The first-order chi connectivity index (χ1) is 9.83. The number of hydrogen-bond acceptors (Lipinski definition) is 3. The number of carbonyl (C=O) groups excluding carboxylic acids is 1. The van der Waals surface area contributed by atoms with E-state index in [2.05, 4.69) is 21.7 Å². The Balaban J connectivity index is 1.74. The Morgan fingerprint density at radius 1 is 1.20 bits per heavy atom. The van der Waals surface area contributed by atoms with Crippen LogP contribution in [0.2, 0.25) is 0 Å². The van der Waals surface area contributed by atoms with Crippen molar-refractivity contribution in [1.82, 2.24) is 15.1 Å². The Hall–Kier alpha value is -0.870. The van der Waals surface area contributed by atoms with Gasteiger partial charge in [0, 0.05) is 26.2 Å². The minimum Gasteiger partial charge on any atom is -0.339 e. The third-order valence-corrected chi connectivity index (χ3v) is 4.43. The molecule has 1 N–H and O–H groups in total. The van der Waals surface area contributed by atoms with Crippen LogP contribution < -0.4 is 5.32 Å². The van der Waals surface area contributed by atoms with E-state index < -0.39 is 0 Å². The Labute approximate surface area is 123 Å². The summed E-state index contributed by atoms with van der Waals surface area (Å²) in [4.78, 5) is 17.1. The van der Waals surface area contributed by atoms with Crippen LogP contribution in [-0.4, -0.2) is 61.0 Å². The van der Waals surface area contributed by atoms with Gasteiger partial charge in [0.2, 0.25) is 5.91 Å². The molecule has 0 spiro atoms. The third kappa shape index (κ3) is 4.32. The Morgan fingerprint density at radius 2 is 2.00 bits per heavy atom. The van der Waals surface area contributed by atoms with Crippen molar-refractivity contribution in [3.05, 3.63) is 12.7 Å². The van der Waals surface area contributed by atoms with E-state index in [-0.39, 0.29) is 6.04 Å². The van der Waals surface area contributed by atoms with Crippen LogP contribution in [-0.2, 0) is 4.79 Å². The highest BCUT2D eigenvalue weighted by Gasteiger charge is 2.33. The van der Waals surface area contributed by atoms with E-state index in [4.69, 9.17) is 0 Å². The van der Waals surface area contributed by atoms with Gasteiger partial charge in [0.25, 0.3) is 0 Å². The van der Waals surface area contributed by atoms with Gasteiger partial charge in [-0.25, -0.2) is 0 Å². The van der Waals surface area contributed by atoms with Gasteiger partial charge in [-0.05, 0) is 45.2 Å². The molecule has 2 aliphatic rings. The molecule has 4 heteroatoms. The van der Waals surface area contributed by atoms with Crippen LogP contribution in [0, 0.1) is 0 Å². The third-order valence-electron chi connectivity index (χ3n) is 4.43. The molecule has 2 heterocycles. The van der Waals surface area contributed by atoms with Crippen LogP contribution in [0.5, 0.6) is 0 Å². The number of nitrogens with zero attached hydrogens (tertiary/aromatic N) is 2. The van der Waals surface area contributed by atoms with E-state index in [1.54, 1.807) is 0 Å². The molecule has 1 unspecified atom stereocenters. The van der Waals surface area contributed by atoms with Crippen molar-refractivity contribution in [2.24, 2.45) is 0 Å². The SMILES string of the molecule is C=CCCCCCN1CCCC1C(=O)N1CCNCC1. The molecule has 20 heavy (non-hydrogen) atoms. The number of likely N-dealkylation sites (tertiary alicyclic amines) is 1. The molecule has 0 aromatic rings. The molecule has 2 aliphatic heterocycles. The number of amides is 1. The lowest BCUT2D eigenvalue weighted by Crippen LogP contribution is -2.52. The maximum atomic E-state index is 12.6. The molecular formula is C16H29N3O. The lowest BCUT2D eigenvalue weighted by atomic mass is 10.1. The van der Waals surface area contributed by atoms with E-state index in [1.807, 2.05) is 6.08 Å². The zero-order valence-corrected chi connectivity index (χ0v) is 12.6.